The lowest BCUT2D eigenvalue weighted by molar-refractivity contribution is -0.105. The van der Waals surface area contributed by atoms with Gasteiger partial charge in [-0.05, 0) is 37.6 Å². The molecule has 0 saturated carbocycles. The number of pyridine rings is 1. The molecule has 0 aliphatic rings. The molecular weight excluding hydrogens is 284 g/mol. The summed E-state index contributed by atoms with van der Waals surface area (Å²) in [5.74, 6) is 1.67. The predicted octanol–water partition coefficient (Wildman–Crippen LogP) is 3.57. The first-order chi connectivity index (χ1) is 10.1. The van der Waals surface area contributed by atoms with Crippen molar-refractivity contribution in [3.05, 3.63) is 47.3 Å². The van der Waals surface area contributed by atoms with Crippen molar-refractivity contribution in [1.82, 2.24) is 4.98 Å². The summed E-state index contributed by atoms with van der Waals surface area (Å²) in [4.78, 5) is 16.2. The van der Waals surface area contributed by atoms with Crippen molar-refractivity contribution in [1.29, 1.82) is 0 Å². The highest BCUT2D eigenvalue weighted by molar-refractivity contribution is 7.98. The molecule has 0 atom stereocenters. The van der Waals surface area contributed by atoms with Crippen LogP contribution in [-0.4, -0.2) is 18.5 Å². The Hall–Kier alpha value is -2.01. The van der Waals surface area contributed by atoms with E-state index < -0.39 is 0 Å². The fourth-order valence-electron chi connectivity index (χ4n) is 2.02. The van der Waals surface area contributed by atoms with Gasteiger partial charge in [0.1, 0.15) is 5.75 Å². The summed E-state index contributed by atoms with van der Waals surface area (Å²) >= 11 is 1.68. The van der Waals surface area contributed by atoms with Crippen molar-refractivity contribution >= 4 is 23.9 Å². The standard InChI is InChI=1S/C16H18N2O2S/c1-11-8-15(16(17-10-19)12(2)18-11)21-9-13-4-6-14(20-3)7-5-13/h4-8,10H,9H2,1-3H3,(H,17,19). The number of ether oxygens (including phenoxy) is 1. The molecule has 5 heteroatoms. The van der Waals surface area contributed by atoms with E-state index in [9.17, 15) is 4.79 Å². The summed E-state index contributed by atoms with van der Waals surface area (Å²) in [6, 6.07) is 9.97. The molecule has 1 N–H and O–H groups in total. The number of rotatable bonds is 6. The van der Waals surface area contributed by atoms with Crippen LogP contribution in [-0.2, 0) is 10.5 Å². The molecule has 1 amide bonds. The number of aromatic nitrogens is 1. The van der Waals surface area contributed by atoms with Gasteiger partial charge in [-0.2, -0.15) is 0 Å². The first-order valence-electron chi connectivity index (χ1n) is 6.58. The smallest absolute Gasteiger partial charge is 0.211 e. The van der Waals surface area contributed by atoms with Crippen molar-refractivity contribution in [2.45, 2.75) is 24.5 Å². The fraction of sp³-hybridized carbons (Fsp3) is 0.250. The lowest BCUT2D eigenvalue weighted by Gasteiger charge is -2.12. The number of thioether (sulfide) groups is 1. The molecule has 0 fully saturated rings. The lowest BCUT2D eigenvalue weighted by atomic mass is 10.2. The number of nitrogens with one attached hydrogen (secondary N) is 1. The van der Waals surface area contributed by atoms with Crippen molar-refractivity contribution in [2.24, 2.45) is 0 Å². The van der Waals surface area contributed by atoms with E-state index >= 15 is 0 Å². The van der Waals surface area contributed by atoms with Gasteiger partial charge in [0.15, 0.2) is 0 Å². The second kappa shape index (κ2) is 7.13. The highest BCUT2D eigenvalue weighted by Crippen LogP contribution is 2.32. The zero-order chi connectivity index (χ0) is 15.2. The van der Waals surface area contributed by atoms with Gasteiger partial charge in [0.05, 0.1) is 18.5 Å². The molecule has 0 radical (unpaired) electrons. The number of carbonyl (C=O) groups excluding carboxylic acids is 1. The Bertz CT molecular complexity index is 627. The number of benzene rings is 1. The molecule has 2 aromatic rings. The summed E-state index contributed by atoms with van der Waals surface area (Å²) in [6.07, 6.45) is 0.691. The Morgan fingerprint density at radius 1 is 1.29 bits per heavy atom. The quantitative estimate of drug-likeness (QED) is 0.654. The minimum absolute atomic E-state index is 0.691. The maximum atomic E-state index is 10.7. The van der Waals surface area contributed by atoms with Crippen LogP contribution >= 0.6 is 11.8 Å². The van der Waals surface area contributed by atoms with Crippen LogP contribution in [0.3, 0.4) is 0 Å². The molecule has 1 aromatic carbocycles. The first kappa shape index (κ1) is 15.4. The van der Waals surface area contributed by atoms with Crippen LogP contribution in [0.15, 0.2) is 35.2 Å². The van der Waals surface area contributed by atoms with Crippen LogP contribution < -0.4 is 10.1 Å². The summed E-state index contributed by atoms with van der Waals surface area (Å²) in [7, 11) is 1.66. The summed E-state index contributed by atoms with van der Waals surface area (Å²) < 4.78 is 5.15. The zero-order valence-electron chi connectivity index (χ0n) is 12.3. The van der Waals surface area contributed by atoms with Crippen LogP contribution in [0, 0.1) is 13.8 Å². The Morgan fingerprint density at radius 2 is 2.00 bits per heavy atom. The van der Waals surface area contributed by atoms with Gasteiger partial charge in [0.2, 0.25) is 6.41 Å². The number of nitrogens with zero attached hydrogens (tertiary/aromatic N) is 1. The third kappa shape index (κ3) is 3.98. The second-order valence-electron chi connectivity index (χ2n) is 4.62. The molecule has 1 aromatic heterocycles. The fourth-order valence-corrected chi connectivity index (χ4v) is 3.14. The van der Waals surface area contributed by atoms with E-state index in [1.54, 1.807) is 18.9 Å². The van der Waals surface area contributed by atoms with Crippen LogP contribution in [0.1, 0.15) is 17.0 Å². The second-order valence-corrected chi connectivity index (χ2v) is 5.64. The van der Waals surface area contributed by atoms with E-state index in [0.717, 1.165) is 33.5 Å². The number of carbonyl (C=O) groups is 1. The average molecular weight is 302 g/mol. The monoisotopic (exact) mass is 302 g/mol. The molecule has 0 aliphatic carbocycles. The molecule has 0 unspecified atom stereocenters. The molecule has 21 heavy (non-hydrogen) atoms. The number of hydrogen-bond donors (Lipinski definition) is 1. The van der Waals surface area contributed by atoms with E-state index in [1.165, 1.54) is 5.56 Å². The molecular formula is C16H18N2O2S. The Kier molecular flexibility index (Phi) is 5.22. The number of anilines is 1. The summed E-state index contributed by atoms with van der Waals surface area (Å²) in [6.45, 7) is 3.85. The number of methoxy groups -OCH3 is 1. The van der Waals surface area contributed by atoms with Gasteiger partial charge in [-0.15, -0.1) is 11.8 Å². The van der Waals surface area contributed by atoms with Gasteiger partial charge in [0.25, 0.3) is 0 Å². The molecule has 4 nitrogen and oxygen atoms in total. The van der Waals surface area contributed by atoms with Crippen LogP contribution in [0.25, 0.3) is 0 Å². The highest BCUT2D eigenvalue weighted by Gasteiger charge is 2.09. The van der Waals surface area contributed by atoms with E-state index in [4.69, 9.17) is 4.74 Å². The largest absolute Gasteiger partial charge is 0.497 e. The summed E-state index contributed by atoms with van der Waals surface area (Å²) in [5.41, 5.74) is 3.76. The highest BCUT2D eigenvalue weighted by atomic mass is 32.2. The predicted molar refractivity (Wildman–Crippen MR) is 86.0 cm³/mol. The van der Waals surface area contributed by atoms with E-state index in [-0.39, 0.29) is 0 Å². The van der Waals surface area contributed by atoms with Crippen LogP contribution in [0.2, 0.25) is 0 Å². The van der Waals surface area contributed by atoms with Gasteiger partial charge in [-0.3, -0.25) is 9.78 Å². The Labute approximate surface area is 128 Å². The maximum Gasteiger partial charge on any atom is 0.211 e. The van der Waals surface area contributed by atoms with Crippen LogP contribution in [0.4, 0.5) is 5.69 Å². The maximum absolute atomic E-state index is 10.7. The first-order valence-corrected chi connectivity index (χ1v) is 7.56. The van der Waals surface area contributed by atoms with Gasteiger partial charge in [0, 0.05) is 16.3 Å². The van der Waals surface area contributed by atoms with Gasteiger partial charge < -0.3 is 10.1 Å². The Balaban J connectivity index is 2.16. The molecule has 0 aliphatic heterocycles. The molecule has 0 saturated heterocycles. The number of aryl methyl sites for hydroxylation is 2. The average Bonchev–Trinajstić information content (AvgIpc) is 2.48. The van der Waals surface area contributed by atoms with Gasteiger partial charge >= 0.3 is 0 Å². The van der Waals surface area contributed by atoms with Crippen molar-refractivity contribution in [3.63, 3.8) is 0 Å². The van der Waals surface area contributed by atoms with Crippen LogP contribution in [0.5, 0.6) is 5.75 Å². The molecule has 0 bridgehead atoms. The number of amides is 1. The Morgan fingerprint density at radius 3 is 2.62 bits per heavy atom. The van der Waals surface area contributed by atoms with Crippen molar-refractivity contribution < 1.29 is 9.53 Å². The van der Waals surface area contributed by atoms with E-state index in [2.05, 4.69) is 10.3 Å². The van der Waals surface area contributed by atoms with Gasteiger partial charge in [-0.1, -0.05) is 12.1 Å². The third-order valence-electron chi connectivity index (χ3n) is 3.05. The molecule has 1 heterocycles. The molecule has 2 rings (SSSR count). The minimum atomic E-state index is 0.691. The normalized spacial score (nSPS) is 10.2. The number of hydrogen-bond acceptors (Lipinski definition) is 4. The van der Waals surface area contributed by atoms with Gasteiger partial charge in [-0.25, -0.2) is 0 Å². The van der Waals surface area contributed by atoms with E-state index in [1.807, 2.05) is 44.2 Å². The lowest BCUT2D eigenvalue weighted by Crippen LogP contribution is -2.01. The SMILES string of the molecule is COc1ccc(CSc2cc(C)nc(C)c2NC=O)cc1. The topological polar surface area (TPSA) is 51.2 Å². The summed E-state index contributed by atoms with van der Waals surface area (Å²) in [5, 5.41) is 2.74. The molecule has 110 valence electrons. The zero-order valence-corrected chi connectivity index (χ0v) is 13.2. The minimum Gasteiger partial charge on any atom is -0.497 e. The van der Waals surface area contributed by atoms with Crippen molar-refractivity contribution in [2.75, 3.05) is 12.4 Å². The van der Waals surface area contributed by atoms with E-state index in [0.29, 0.717) is 6.41 Å². The molecule has 0 spiro atoms. The van der Waals surface area contributed by atoms with Crippen molar-refractivity contribution in [3.8, 4) is 5.75 Å². The third-order valence-corrected chi connectivity index (χ3v) is 4.16.